The van der Waals surface area contributed by atoms with Crippen molar-refractivity contribution < 1.29 is 9.47 Å². The highest BCUT2D eigenvalue weighted by Crippen LogP contribution is 2.17. The number of nitrogens with one attached hydrogen (secondary N) is 1. The van der Waals surface area contributed by atoms with Gasteiger partial charge in [-0.1, -0.05) is 12.1 Å². The fourth-order valence-electron chi connectivity index (χ4n) is 2.12. The zero-order chi connectivity index (χ0) is 17.5. The lowest BCUT2D eigenvalue weighted by Gasteiger charge is -2.08. The Bertz CT molecular complexity index is 871. The Kier molecular flexibility index (Phi) is 5.07. The number of hydrogen-bond donors (Lipinski definition) is 1. The maximum atomic E-state index is 8.82. The van der Waals surface area contributed by atoms with Gasteiger partial charge in [0, 0.05) is 18.0 Å². The van der Waals surface area contributed by atoms with Crippen LogP contribution in [0.4, 0.5) is 11.6 Å². The van der Waals surface area contributed by atoms with Gasteiger partial charge in [-0.25, -0.2) is 4.98 Å². The van der Waals surface area contributed by atoms with E-state index in [1.807, 2.05) is 24.3 Å². The molecule has 0 atom stereocenters. The van der Waals surface area contributed by atoms with Crippen molar-refractivity contribution in [3.8, 4) is 17.7 Å². The molecule has 0 aliphatic heterocycles. The first-order valence-electron chi connectivity index (χ1n) is 7.63. The Morgan fingerprint density at radius 2 is 1.80 bits per heavy atom. The van der Waals surface area contributed by atoms with E-state index in [0.29, 0.717) is 24.0 Å². The summed E-state index contributed by atoms with van der Waals surface area (Å²) >= 11 is 0. The van der Waals surface area contributed by atoms with Crippen LogP contribution in [0.25, 0.3) is 0 Å². The number of rotatable bonds is 6. The molecule has 6 nitrogen and oxygen atoms in total. The summed E-state index contributed by atoms with van der Waals surface area (Å²) in [6.45, 7) is 0.400. The number of hydrogen-bond acceptors (Lipinski definition) is 6. The molecule has 0 spiro atoms. The molecule has 3 aromatic rings. The van der Waals surface area contributed by atoms with Gasteiger partial charge < -0.3 is 14.8 Å². The van der Waals surface area contributed by atoms with Gasteiger partial charge in [0.25, 0.3) is 0 Å². The Morgan fingerprint density at radius 1 is 1.04 bits per heavy atom. The molecule has 0 amide bonds. The molecule has 1 N–H and O–H groups in total. The van der Waals surface area contributed by atoms with Crippen LogP contribution in [0, 0.1) is 11.3 Å². The number of nitrogens with zero attached hydrogens (tertiary/aromatic N) is 3. The normalized spacial score (nSPS) is 9.92. The molecule has 25 heavy (non-hydrogen) atoms. The maximum absolute atomic E-state index is 8.82. The second-order valence-electron chi connectivity index (χ2n) is 5.17. The molecule has 1 heterocycles. The van der Waals surface area contributed by atoms with Crippen LogP contribution in [0.5, 0.6) is 11.6 Å². The van der Waals surface area contributed by atoms with Gasteiger partial charge in [0.15, 0.2) is 0 Å². The SMILES string of the molecule is COc1ccc(COc2ccnc(Nc3ccc(C#N)cc3)n2)cc1. The van der Waals surface area contributed by atoms with E-state index in [1.165, 1.54) is 0 Å². The van der Waals surface area contributed by atoms with Crippen molar-refractivity contribution in [1.82, 2.24) is 9.97 Å². The van der Waals surface area contributed by atoms with E-state index < -0.39 is 0 Å². The van der Waals surface area contributed by atoms with Gasteiger partial charge in [0.2, 0.25) is 11.8 Å². The second kappa shape index (κ2) is 7.79. The summed E-state index contributed by atoms with van der Waals surface area (Å²) in [6.07, 6.45) is 1.63. The molecule has 6 heteroatoms. The number of nitriles is 1. The highest BCUT2D eigenvalue weighted by molar-refractivity contribution is 5.54. The van der Waals surface area contributed by atoms with Gasteiger partial charge in [-0.15, -0.1) is 0 Å². The number of benzene rings is 2. The Hall–Kier alpha value is -3.59. The van der Waals surface area contributed by atoms with E-state index in [2.05, 4.69) is 21.4 Å². The molecule has 0 saturated heterocycles. The summed E-state index contributed by atoms with van der Waals surface area (Å²) in [6, 6.07) is 18.5. The topological polar surface area (TPSA) is 80.1 Å². The van der Waals surface area contributed by atoms with Crippen molar-refractivity contribution in [2.45, 2.75) is 6.61 Å². The lowest BCUT2D eigenvalue weighted by molar-refractivity contribution is 0.293. The number of anilines is 2. The van der Waals surface area contributed by atoms with Gasteiger partial charge in [0.1, 0.15) is 12.4 Å². The Morgan fingerprint density at radius 3 is 2.48 bits per heavy atom. The van der Waals surface area contributed by atoms with Crippen molar-refractivity contribution in [1.29, 1.82) is 5.26 Å². The summed E-state index contributed by atoms with van der Waals surface area (Å²) in [4.78, 5) is 8.50. The van der Waals surface area contributed by atoms with Crippen LogP contribution in [-0.2, 0) is 6.61 Å². The van der Waals surface area contributed by atoms with Crippen LogP contribution in [0.2, 0.25) is 0 Å². The van der Waals surface area contributed by atoms with Crippen molar-refractivity contribution in [2.24, 2.45) is 0 Å². The molecule has 0 bridgehead atoms. The molecular formula is C19H16N4O2. The average molecular weight is 332 g/mol. The van der Waals surface area contributed by atoms with E-state index in [0.717, 1.165) is 17.0 Å². The van der Waals surface area contributed by atoms with Gasteiger partial charge in [0.05, 0.1) is 18.7 Å². The first-order valence-corrected chi connectivity index (χ1v) is 7.63. The molecule has 0 radical (unpaired) electrons. The summed E-state index contributed by atoms with van der Waals surface area (Å²) in [5.41, 5.74) is 2.41. The van der Waals surface area contributed by atoms with Crippen LogP contribution in [-0.4, -0.2) is 17.1 Å². The summed E-state index contributed by atoms with van der Waals surface area (Å²) < 4.78 is 10.8. The van der Waals surface area contributed by atoms with E-state index in [9.17, 15) is 0 Å². The lowest BCUT2D eigenvalue weighted by atomic mass is 10.2. The number of methoxy groups -OCH3 is 1. The van der Waals surface area contributed by atoms with Crippen molar-refractivity contribution >= 4 is 11.6 Å². The molecule has 0 unspecified atom stereocenters. The predicted octanol–water partition coefficient (Wildman–Crippen LogP) is 3.68. The van der Waals surface area contributed by atoms with Crippen LogP contribution >= 0.6 is 0 Å². The first-order chi connectivity index (χ1) is 12.3. The number of aromatic nitrogens is 2. The molecule has 0 aliphatic carbocycles. The maximum Gasteiger partial charge on any atom is 0.230 e. The van der Waals surface area contributed by atoms with Crippen LogP contribution < -0.4 is 14.8 Å². The smallest absolute Gasteiger partial charge is 0.230 e. The average Bonchev–Trinajstić information content (AvgIpc) is 2.68. The minimum atomic E-state index is 0.400. The third-order valence-corrected chi connectivity index (χ3v) is 3.45. The zero-order valence-electron chi connectivity index (χ0n) is 13.6. The van der Waals surface area contributed by atoms with E-state index in [-0.39, 0.29) is 0 Å². The molecule has 0 saturated carbocycles. The lowest BCUT2D eigenvalue weighted by Crippen LogP contribution is -2.01. The van der Waals surface area contributed by atoms with Crippen LogP contribution in [0.1, 0.15) is 11.1 Å². The summed E-state index contributed by atoms with van der Waals surface area (Å²) in [5.74, 6) is 1.71. The molecule has 0 fully saturated rings. The fourth-order valence-corrected chi connectivity index (χ4v) is 2.12. The van der Waals surface area contributed by atoms with E-state index >= 15 is 0 Å². The standard InChI is InChI=1S/C19H16N4O2/c1-24-17-8-4-15(5-9-17)13-25-18-10-11-21-19(23-18)22-16-6-2-14(12-20)3-7-16/h2-11H,13H2,1H3,(H,21,22,23). The first kappa shape index (κ1) is 16.3. The summed E-state index contributed by atoms with van der Waals surface area (Å²) in [7, 11) is 1.63. The minimum absolute atomic E-state index is 0.400. The summed E-state index contributed by atoms with van der Waals surface area (Å²) in [5, 5.41) is 11.9. The molecule has 124 valence electrons. The monoisotopic (exact) mass is 332 g/mol. The Labute approximate surface area is 145 Å². The van der Waals surface area contributed by atoms with Crippen LogP contribution in [0.3, 0.4) is 0 Å². The quantitative estimate of drug-likeness (QED) is 0.742. The fraction of sp³-hybridized carbons (Fsp3) is 0.105. The Balaban J connectivity index is 1.63. The van der Waals surface area contributed by atoms with E-state index in [1.54, 1.807) is 43.6 Å². The third kappa shape index (κ3) is 4.45. The minimum Gasteiger partial charge on any atom is -0.497 e. The number of ether oxygens (including phenoxy) is 2. The zero-order valence-corrected chi connectivity index (χ0v) is 13.6. The van der Waals surface area contributed by atoms with Crippen molar-refractivity contribution in [3.63, 3.8) is 0 Å². The molecule has 0 aliphatic rings. The molecule has 1 aromatic heterocycles. The van der Waals surface area contributed by atoms with Crippen LogP contribution in [0.15, 0.2) is 60.8 Å². The second-order valence-corrected chi connectivity index (χ2v) is 5.17. The van der Waals surface area contributed by atoms with Gasteiger partial charge in [-0.05, 0) is 42.0 Å². The largest absolute Gasteiger partial charge is 0.497 e. The van der Waals surface area contributed by atoms with Gasteiger partial charge >= 0.3 is 0 Å². The third-order valence-electron chi connectivity index (χ3n) is 3.45. The van der Waals surface area contributed by atoms with Crippen molar-refractivity contribution in [2.75, 3.05) is 12.4 Å². The molecule has 2 aromatic carbocycles. The highest BCUT2D eigenvalue weighted by atomic mass is 16.5. The van der Waals surface area contributed by atoms with E-state index in [4.69, 9.17) is 14.7 Å². The van der Waals surface area contributed by atoms with Gasteiger partial charge in [-0.2, -0.15) is 10.2 Å². The molecule has 3 rings (SSSR count). The van der Waals surface area contributed by atoms with Crippen molar-refractivity contribution in [3.05, 3.63) is 71.9 Å². The van der Waals surface area contributed by atoms with Gasteiger partial charge in [-0.3, -0.25) is 0 Å². The highest BCUT2D eigenvalue weighted by Gasteiger charge is 2.03. The predicted molar refractivity (Wildman–Crippen MR) is 93.8 cm³/mol. The molecular weight excluding hydrogens is 316 g/mol.